The number of ether oxygens (including phenoxy) is 1. The van der Waals surface area contributed by atoms with Gasteiger partial charge in [0.2, 0.25) is 0 Å². The third-order valence-corrected chi connectivity index (χ3v) is 3.95. The number of hydrogen-bond donors (Lipinski definition) is 2. The lowest BCUT2D eigenvalue weighted by molar-refractivity contribution is -0.138. The maximum absolute atomic E-state index is 12.2. The summed E-state index contributed by atoms with van der Waals surface area (Å²) in [6.45, 7) is 0. The molecule has 1 aliphatic rings. The molecule has 0 radical (unpaired) electrons. The van der Waals surface area contributed by atoms with Crippen molar-refractivity contribution < 1.29 is 9.53 Å². The van der Waals surface area contributed by atoms with Crippen molar-refractivity contribution >= 4 is 29.0 Å². The molecule has 1 aromatic heterocycles. The Kier molecular flexibility index (Phi) is 4.69. The van der Waals surface area contributed by atoms with Gasteiger partial charge in [0, 0.05) is 6.07 Å². The van der Waals surface area contributed by atoms with E-state index in [1.165, 1.54) is 6.07 Å². The molecular weight excluding hydrogens is 306 g/mol. The minimum absolute atomic E-state index is 0.0671. The van der Waals surface area contributed by atoms with E-state index in [1.807, 2.05) is 30.3 Å². The van der Waals surface area contributed by atoms with Crippen molar-refractivity contribution in [1.82, 2.24) is 4.98 Å². The number of nitrogen functional groups attached to an aromatic ring is 2. The van der Waals surface area contributed by atoms with Crippen molar-refractivity contribution in [3.05, 3.63) is 36.4 Å². The van der Waals surface area contributed by atoms with Gasteiger partial charge in [-0.3, -0.25) is 4.79 Å². The largest absolute Gasteiger partial charge is 0.422 e. The number of nitrogens with two attached hydrogens (primary N) is 2. The number of benzene rings is 1. The number of esters is 1. The highest BCUT2D eigenvalue weighted by Gasteiger charge is 2.25. The van der Waals surface area contributed by atoms with Crippen LogP contribution in [0.15, 0.2) is 46.6 Å². The van der Waals surface area contributed by atoms with E-state index in [2.05, 4.69) is 15.2 Å². The van der Waals surface area contributed by atoms with E-state index in [0.717, 1.165) is 25.7 Å². The van der Waals surface area contributed by atoms with Gasteiger partial charge in [-0.1, -0.05) is 31.0 Å². The van der Waals surface area contributed by atoms with E-state index >= 15 is 0 Å². The normalized spacial score (nSPS) is 15.0. The van der Waals surface area contributed by atoms with Crippen LogP contribution >= 0.6 is 0 Å². The van der Waals surface area contributed by atoms with Gasteiger partial charge in [-0.25, -0.2) is 4.98 Å². The monoisotopic (exact) mass is 325 g/mol. The smallest absolute Gasteiger partial charge is 0.314 e. The average Bonchev–Trinajstić information content (AvgIpc) is 3.12. The van der Waals surface area contributed by atoms with Gasteiger partial charge in [0.25, 0.3) is 0 Å². The van der Waals surface area contributed by atoms with Gasteiger partial charge >= 0.3 is 5.97 Å². The molecule has 4 N–H and O–H groups in total. The predicted molar refractivity (Wildman–Crippen MR) is 91.3 cm³/mol. The quantitative estimate of drug-likeness (QED) is 0.656. The standard InChI is InChI=1S/C17H19N5O2/c18-15-13(22-21-12-8-2-1-3-9-12)10-14(16(19)20-15)24-17(23)11-6-4-5-7-11/h1-3,8-11H,4-7H2,(H4,18,19,20). The minimum atomic E-state index is -0.281. The topological polar surface area (TPSA) is 116 Å². The number of rotatable bonds is 4. The van der Waals surface area contributed by atoms with E-state index in [9.17, 15) is 4.79 Å². The number of nitrogens with zero attached hydrogens (tertiary/aromatic N) is 3. The molecule has 2 aromatic rings. The molecule has 1 aliphatic carbocycles. The summed E-state index contributed by atoms with van der Waals surface area (Å²) >= 11 is 0. The molecule has 1 aromatic carbocycles. The molecule has 0 spiro atoms. The van der Waals surface area contributed by atoms with E-state index in [0.29, 0.717) is 11.4 Å². The van der Waals surface area contributed by atoms with Gasteiger partial charge in [-0.05, 0) is 25.0 Å². The highest BCUT2D eigenvalue weighted by Crippen LogP contribution is 2.33. The Bertz CT molecular complexity index is 755. The van der Waals surface area contributed by atoms with Gasteiger partial charge in [-0.15, -0.1) is 5.11 Å². The third kappa shape index (κ3) is 3.68. The van der Waals surface area contributed by atoms with E-state index in [-0.39, 0.29) is 29.3 Å². The van der Waals surface area contributed by atoms with E-state index in [1.54, 1.807) is 0 Å². The van der Waals surface area contributed by atoms with Crippen LogP contribution in [0.2, 0.25) is 0 Å². The Morgan fingerprint density at radius 3 is 2.50 bits per heavy atom. The zero-order valence-corrected chi connectivity index (χ0v) is 13.2. The molecule has 0 atom stereocenters. The third-order valence-electron chi connectivity index (χ3n) is 3.95. The lowest BCUT2D eigenvalue weighted by Crippen LogP contribution is -2.18. The number of anilines is 2. The van der Waals surface area contributed by atoms with E-state index in [4.69, 9.17) is 16.2 Å². The van der Waals surface area contributed by atoms with Crippen molar-refractivity contribution in [2.24, 2.45) is 16.1 Å². The number of aromatic nitrogens is 1. The number of hydrogen-bond acceptors (Lipinski definition) is 7. The summed E-state index contributed by atoms with van der Waals surface area (Å²) in [5.41, 5.74) is 12.6. The number of carbonyl (C=O) groups is 1. The average molecular weight is 325 g/mol. The highest BCUT2D eigenvalue weighted by atomic mass is 16.5. The predicted octanol–water partition coefficient (Wildman–Crippen LogP) is 3.76. The SMILES string of the molecule is Nc1nc(N)c(OC(=O)C2CCCC2)cc1N=Nc1ccccc1. The van der Waals surface area contributed by atoms with Crippen LogP contribution in [0.3, 0.4) is 0 Å². The van der Waals surface area contributed by atoms with Crippen LogP contribution in [-0.2, 0) is 4.79 Å². The van der Waals surface area contributed by atoms with Gasteiger partial charge < -0.3 is 16.2 Å². The van der Waals surface area contributed by atoms with Crippen LogP contribution in [0.1, 0.15) is 25.7 Å². The summed E-state index contributed by atoms with van der Waals surface area (Å²) in [5.74, 6) is 0.0153. The van der Waals surface area contributed by atoms with Crippen LogP contribution in [0.25, 0.3) is 0 Å². The fourth-order valence-electron chi connectivity index (χ4n) is 2.64. The number of carbonyl (C=O) groups excluding carboxylic acids is 1. The lowest BCUT2D eigenvalue weighted by atomic mass is 10.1. The van der Waals surface area contributed by atoms with Gasteiger partial charge in [0.1, 0.15) is 5.69 Å². The zero-order valence-electron chi connectivity index (χ0n) is 13.2. The van der Waals surface area contributed by atoms with Crippen LogP contribution in [0, 0.1) is 5.92 Å². The fraction of sp³-hybridized carbons (Fsp3) is 0.294. The van der Waals surface area contributed by atoms with Crippen molar-refractivity contribution in [2.75, 3.05) is 11.5 Å². The van der Waals surface area contributed by atoms with E-state index < -0.39 is 0 Å². The van der Waals surface area contributed by atoms with Crippen molar-refractivity contribution in [1.29, 1.82) is 0 Å². The summed E-state index contributed by atoms with van der Waals surface area (Å²) in [6.07, 6.45) is 3.79. The molecule has 0 bridgehead atoms. The lowest BCUT2D eigenvalue weighted by Gasteiger charge is -2.11. The Labute approximate surface area is 139 Å². The van der Waals surface area contributed by atoms with Crippen molar-refractivity contribution in [3.63, 3.8) is 0 Å². The van der Waals surface area contributed by atoms with Crippen molar-refractivity contribution in [3.8, 4) is 5.75 Å². The Hall–Kier alpha value is -2.96. The molecule has 24 heavy (non-hydrogen) atoms. The first-order valence-corrected chi connectivity index (χ1v) is 7.88. The molecule has 124 valence electrons. The summed E-state index contributed by atoms with van der Waals surface area (Å²) in [4.78, 5) is 16.1. The molecule has 1 fully saturated rings. The summed E-state index contributed by atoms with van der Waals surface area (Å²) in [6, 6.07) is 10.7. The maximum atomic E-state index is 12.2. The number of azo groups is 1. The summed E-state index contributed by atoms with van der Waals surface area (Å²) < 4.78 is 5.39. The van der Waals surface area contributed by atoms with Crippen LogP contribution in [-0.4, -0.2) is 11.0 Å². The maximum Gasteiger partial charge on any atom is 0.314 e. The molecule has 3 rings (SSSR count). The molecule has 0 unspecified atom stereocenters. The summed E-state index contributed by atoms with van der Waals surface area (Å²) in [5, 5.41) is 8.16. The molecular formula is C17H19N5O2. The zero-order chi connectivity index (χ0) is 16.9. The van der Waals surface area contributed by atoms with Gasteiger partial charge in [0.05, 0.1) is 11.6 Å². The summed E-state index contributed by atoms with van der Waals surface area (Å²) in [7, 11) is 0. The van der Waals surface area contributed by atoms with Crippen LogP contribution < -0.4 is 16.2 Å². The second kappa shape index (κ2) is 7.08. The first-order chi connectivity index (χ1) is 11.6. The fourth-order valence-corrected chi connectivity index (χ4v) is 2.64. The van der Waals surface area contributed by atoms with Gasteiger partial charge in [-0.2, -0.15) is 5.11 Å². The van der Waals surface area contributed by atoms with Crippen molar-refractivity contribution in [2.45, 2.75) is 25.7 Å². The Morgan fingerprint density at radius 1 is 1.08 bits per heavy atom. The minimum Gasteiger partial charge on any atom is -0.422 e. The molecule has 1 saturated carbocycles. The molecule has 7 nitrogen and oxygen atoms in total. The van der Waals surface area contributed by atoms with Crippen LogP contribution in [0.4, 0.5) is 23.0 Å². The highest BCUT2D eigenvalue weighted by molar-refractivity contribution is 5.78. The first kappa shape index (κ1) is 15.9. The second-order valence-electron chi connectivity index (χ2n) is 5.71. The first-order valence-electron chi connectivity index (χ1n) is 7.88. The molecule has 7 heteroatoms. The molecule has 0 aliphatic heterocycles. The van der Waals surface area contributed by atoms with Gasteiger partial charge in [0.15, 0.2) is 17.4 Å². The molecule has 0 saturated heterocycles. The van der Waals surface area contributed by atoms with Crippen LogP contribution in [0.5, 0.6) is 5.75 Å². The Balaban J connectivity index is 1.80. The number of pyridine rings is 1. The molecule has 1 heterocycles. The molecule has 0 amide bonds. The Morgan fingerprint density at radius 2 is 1.79 bits per heavy atom. The second-order valence-corrected chi connectivity index (χ2v) is 5.71.